The van der Waals surface area contributed by atoms with E-state index in [0.717, 1.165) is 6.42 Å². The molecule has 1 saturated heterocycles. The standard InChI is InChI=1S/C13H20ClN3O3S/c1-9(2)20-13-12(6-11(14)7-15-13)16-21(18,19)17-5-4-10(3)8-17/h6-7,9-10,16H,4-5,8H2,1-3H3. The number of anilines is 1. The number of nitrogens with one attached hydrogen (secondary N) is 1. The van der Waals surface area contributed by atoms with Crippen molar-refractivity contribution < 1.29 is 13.2 Å². The lowest BCUT2D eigenvalue weighted by Crippen LogP contribution is -2.34. The minimum atomic E-state index is -3.62. The van der Waals surface area contributed by atoms with Crippen LogP contribution in [0.1, 0.15) is 27.2 Å². The Labute approximate surface area is 130 Å². The molecule has 1 unspecified atom stereocenters. The molecular weight excluding hydrogens is 314 g/mol. The highest BCUT2D eigenvalue weighted by Gasteiger charge is 2.30. The van der Waals surface area contributed by atoms with Gasteiger partial charge in [0.15, 0.2) is 0 Å². The number of hydrogen-bond donors (Lipinski definition) is 1. The first-order valence-corrected chi connectivity index (χ1v) is 8.70. The van der Waals surface area contributed by atoms with Crippen LogP contribution >= 0.6 is 11.6 Å². The third-order valence-electron chi connectivity index (χ3n) is 3.13. The number of halogens is 1. The predicted molar refractivity (Wildman–Crippen MR) is 82.9 cm³/mol. The zero-order valence-electron chi connectivity index (χ0n) is 12.3. The molecule has 0 saturated carbocycles. The summed E-state index contributed by atoms with van der Waals surface area (Å²) in [7, 11) is -3.62. The molecule has 118 valence electrons. The van der Waals surface area contributed by atoms with Crippen LogP contribution in [0, 0.1) is 5.92 Å². The number of hydrogen-bond acceptors (Lipinski definition) is 4. The molecule has 8 heteroatoms. The SMILES string of the molecule is CC1CCN(S(=O)(=O)Nc2cc(Cl)cnc2OC(C)C)C1. The van der Waals surface area contributed by atoms with Crippen molar-refractivity contribution in [3.05, 3.63) is 17.3 Å². The van der Waals surface area contributed by atoms with Crippen LogP contribution in [0.4, 0.5) is 5.69 Å². The quantitative estimate of drug-likeness (QED) is 0.898. The van der Waals surface area contributed by atoms with Crippen LogP contribution in [0.25, 0.3) is 0 Å². The monoisotopic (exact) mass is 333 g/mol. The van der Waals surface area contributed by atoms with Crippen molar-refractivity contribution >= 4 is 27.5 Å². The van der Waals surface area contributed by atoms with Gasteiger partial charge in [0.2, 0.25) is 5.88 Å². The first-order chi connectivity index (χ1) is 9.78. The largest absolute Gasteiger partial charge is 0.473 e. The Balaban J connectivity index is 2.23. The summed E-state index contributed by atoms with van der Waals surface area (Å²) in [5.74, 6) is 0.593. The van der Waals surface area contributed by atoms with E-state index in [2.05, 4.69) is 9.71 Å². The van der Waals surface area contributed by atoms with E-state index in [1.165, 1.54) is 16.6 Å². The summed E-state index contributed by atoms with van der Waals surface area (Å²) in [6.45, 7) is 6.76. The molecule has 21 heavy (non-hydrogen) atoms. The van der Waals surface area contributed by atoms with Gasteiger partial charge in [-0.2, -0.15) is 12.7 Å². The molecule has 6 nitrogen and oxygen atoms in total. The van der Waals surface area contributed by atoms with Gasteiger partial charge in [0, 0.05) is 19.3 Å². The number of ether oxygens (including phenoxy) is 1. The second kappa shape index (κ2) is 6.37. The fraction of sp³-hybridized carbons (Fsp3) is 0.615. The molecule has 1 aromatic heterocycles. The normalized spacial score (nSPS) is 20.0. The highest BCUT2D eigenvalue weighted by molar-refractivity contribution is 7.90. The molecule has 2 rings (SSSR count). The Hall–Kier alpha value is -1.05. The van der Waals surface area contributed by atoms with Crippen LogP contribution in [0.2, 0.25) is 5.02 Å². The van der Waals surface area contributed by atoms with Gasteiger partial charge in [0.05, 0.1) is 11.1 Å². The summed E-state index contributed by atoms with van der Waals surface area (Å²) in [4.78, 5) is 4.04. The third kappa shape index (κ3) is 4.21. The van der Waals surface area contributed by atoms with E-state index < -0.39 is 10.2 Å². The van der Waals surface area contributed by atoms with Crippen LogP contribution in [0.15, 0.2) is 12.3 Å². The van der Waals surface area contributed by atoms with Crippen molar-refractivity contribution in [3.63, 3.8) is 0 Å². The summed E-state index contributed by atoms with van der Waals surface area (Å²) in [5, 5.41) is 0.346. The lowest BCUT2D eigenvalue weighted by Gasteiger charge is -2.19. The van der Waals surface area contributed by atoms with E-state index in [1.54, 1.807) is 0 Å². The van der Waals surface area contributed by atoms with E-state index >= 15 is 0 Å². The van der Waals surface area contributed by atoms with Gasteiger partial charge in [0.25, 0.3) is 0 Å². The van der Waals surface area contributed by atoms with E-state index in [0.29, 0.717) is 24.0 Å². The summed E-state index contributed by atoms with van der Waals surface area (Å²) < 4.78 is 34.2. The van der Waals surface area contributed by atoms with E-state index in [1.807, 2.05) is 20.8 Å². The highest BCUT2D eigenvalue weighted by atomic mass is 35.5. The Morgan fingerprint density at radius 2 is 2.24 bits per heavy atom. The molecule has 1 fully saturated rings. The van der Waals surface area contributed by atoms with Gasteiger partial charge in [-0.05, 0) is 32.3 Å². The molecule has 0 radical (unpaired) electrons. The smallest absolute Gasteiger partial charge is 0.301 e. The minimum absolute atomic E-state index is 0.117. The zero-order chi connectivity index (χ0) is 15.6. The number of rotatable bonds is 5. The van der Waals surface area contributed by atoms with Crippen molar-refractivity contribution in [2.24, 2.45) is 5.92 Å². The molecule has 0 aromatic carbocycles. The molecule has 1 aromatic rings. The van der Waals surface area contributed by atoms with Gasteiger partial charge < -0.3 is 4.74 Å². The topological polar surface area (TPSA) is 71.5 Å². The zero-order valence-corrected chi connectivity index (χ0v) is 13.9. The molecule has 2 heterocycles. The van der Waals surface area contributed by atoms with Gasteiger partial charge in [-0.25, -0.2) is 4.98 Å². The second-order valence-electron chi connectivity index (χ2n) is 5.53. The predicted octanol–water partition coefficient (Wildman–Crippen LogP) is 2.52. The highest BCUT2D eigenvalue weighted by Crippen LogP contribution is 2.28. The van der Waals surface area contributed by atoms with Gasteiger partial charge in [-0.1, -0.05) is 18.5 Å². The molecule has 1 aliphatic rings. The maximum atomic E-state index is 12.4. The summed E-state index contributed by atoms with van der Waals surface area (Å²) in [5.41, 5.74) is 0.260. The number of nitrogens with zero attached hydrogens (tertiary/aromatic N) is 2. The Kier molecular flexibility index (Phi) is 4.95. The van der Waals surface area contributed by atoms with Crippen LogP contribution in [0.5, 0.6) is 5.88 Å². The second-order valence-corrected chi connectivity index (χ2v) is 7.64. The first-order valence-electron chi connectivity index (χ1n) is 6.88. The molecule has 0 aliphatic carbocycles. The third-order valence-corrected chi connectivity index (χ3v) is 4.83. The van der Waals surface area contributed by atoms with Crippen molar-refractivity contribution in [1.29, 1.82) is 0 Å². The van der Waals surface area contributed by atoms with E-state index in [-0.39, 0.29) is 17.7 Å². The van der Waals surface area contributed by atoms with Crippen LogP contribution < -0.4 is 9.46 Å². The fourth-order valence-electron chi connectivity index (χ4n) is 2.13. The van der Waals surface area contributed by atoms with Crippen molar-refractivity contribution in [2.45, 2.75) is 33.3 Å². The van der Waals surface area contributed by atoms with Gasteiger partial charge >= 0.3 is 10.2 Å². The maximum Gasteiger partial charge on any atom is 0.301 e. The summed E-state index contributed by atoms with van der Waals surface area (Å²) >= 11 is 5.90. The molecule has 1 atom stereocenters. The molecule has 0 amide bonds. The van der Waals surface area contributed by atoms with E-state index in [9.17, 15) is 8.42 Å². The van der Waals surface area contributed by atoms with Crippen molar-refractivity contribution in [2.75, 3.05) is 17.8 Å². The van der Waals surface area contributed by atoms with Crippen LogP contribution in [0.3, 0.4) is 0 Å². The lowest BCUT2D eigenvalue weighted by molar-refractivity contribution is 0.234. The molecular formula is C13H20ClN3O3S. The Morgan fingerprint density at radius 1 is 1.52 bits per heavy atom. The molecule has 1 aliphatic heterocycles. The first kappa shape index (κ1) is 16.3. The van der Waals surface area contributed by atoms with Gasteiger partial charge in [-0.3, -0.25) is 4.72 Å². The van der Waals surface area contributed by atoms with Gasteiger partial charge in [-0.15, -0.1) is 0 Å². The van der Waals surface area contributed by atoms with Crippen LogP contribution in [-0.4, -0.2) is 36.9 Å². The molecule has 1 N–H and O–H groups in total. The van der Waals surface area contributed by atoms with Crippen molar-refractivity contribution in [1.82, 2.24) is 9.29 Å². The summed E-state index contributed by atoms with van der Waals surface area (Å²) in [6.07, 6.45) is 2.17. The fourth-order valence-corrected chi connectivity index (χ4v) is 3.64. The average molecular weight is 334 g/mol. The lowest BCUT2D eigenvalue weighted by atomic mass is 10.2. The number of pyridine rings is 1. The minimum Gasteiger partial charge on any atom is -0.473 e. The molecule has 0 bridgehead atoms. The Bertz CT molecular complexity index is 607. The number of aromatic nitrogens is 1. The van der Waals surface area contributed by atoms with Crippen molar-refractivity contribution in [3.8, 4) is 5.88 Å². The summed E-state index contributed by atoms with van der Waals surface area (Å²) in [6, 6.07) is 1.50. The van der Waals surface area contributed by atoms with Crippen LogP contribution in [-0.2, 0) is 10.2 Å². The van der Waals surface area contributed by atoms with E-state index in [4.69, 9.17) is 16.3 Å². The average Bonchev–Trinajstić information content (AvgIpc) is 2.79. The van der Waals surface area contributed by atoms with Gasteiger partial charge in [0.1, 0.15) is 5.69 Å². The Morgan fingerprint density at radius 3 is 2.81 bits per heavy atom. The molecule has 0 spiro atoms. The maximum absolute atomic E-state index is 12.4.